The molecule has 0 amide bonds. The molecule has 0 aromatic rings. The van der Waals surface area contributed by atoms with E-state index in [4.69, 9.17) is 13.9 Å². The molecule has 1 fully saturated rings. The molecule has 1 unspecified atom stereocenters. The average Bonchev–Trinajstić information content (AvgIpc) is 2.52. The highest BCUT2D eigenvalue weighted by molar-refractivity contribution is 6.74. The van der Waals surface area contributed by atoms with Crippen LogP contribution < -0.4 is 0 Å². The number of hydrogen-bond acceptors (Lipinski definition) is 3. The molecule has 0 spiro atoms. The Morgan fingerprint density at radius 2 is 1.46 bits per heavy atom. The van der Waals surface area contributed by atoms with Gasteiger partial charge in [0, 0.05) is 19.8 Å². The van der Waals surface area contributed by atoms with Gasteiger partial charge in [0.1, 0.15) is 0 Å². The Hall–Kier alpha value is 0.0969. The van der Waals surface area contributed by atoms with Crippen molar-refractivity contribution >= 4 is 8.32 Å². The first-order valence-corrected chi connectivity index (χ1v) is 13.1. The molecular formula is C20H42O3Si. The molecule has 1 aliphatic rings. The topological polar surface area (TPSA) is 27.7 Å². The molecule has 0 aliphatic carbocycles. The fourth-order valence-corrected chi connectivity index (χ4v) is 3.78. The van der Waals surface area contributed by atoms with Crippen molar-refractivity contribution in [3.05, 3.63) is 0 Å². The van der Waals surface area contributed by atoms with Gasteiger partial charge in [-0.3, -0.25) is 0 Å². The van der Waals surface area contributed by atoms with Gasteiger partial charge in [0.15, 0.2) is 14.6 Å². The van der Waals surface area contributed by atoms with Crippen molar-refractivity contribution in [3.8, 4) is 0 Å². The molecule has 24 heavy (non-hydrogen) atoms. The van der Waals surface area contributed by atoms with Crippen molar-refractivity contribution in [2.45, 2.75) is 109 Å². The standard InChI is InChI=1S/C20H42O3Si/c1-20(2,3)24(4,5)23-18-13-10-8-6-7-9-12-16-21-19-15-11-14-17-22-19/h19H,6-18H2,1-5H3. The van der Waals surface area contributed by atoms with Gasteiger partial charge in [-0.2, -0.15) is 0 Å². The van der Waals surface area contributed by atoms with Crippen LogP contribution in [0.3, 0.4) is 0 Å². The van der Waals surface area contributed by atoms with Gasteiger partial charge in [-0.25, -0.2) is 0 Å². The van der Waals surface area contributed by atoms with Crippen LogP contribution in [-0.2, 0) is 13.9 Å². The van der Waals surface area contributed by atoms with E-state index in [0.29, 0.717) is 5.04 Å². The van der Waals surface area contributed by atoms with E-state index in [9.17, 15) is 0 Å². The summed E-state index contributed by atoms with van der Waals surface area (Å²) < 4.78 is 17.6. The molecule has 1 saturated heterocycles. The molecule has 0 radical (unpaired) electrons. The van der Waals surface area contributed by atoms with Gasteiger partial charge in [0.2, 0.25) is 0 Å². The molecule has 4 heteroatoms. The Morgan fingerprint density at radius 3 is 2.00 bits per heavy atom. The Balaban J connectivity index is 1.84. The number of ether oxygens (including phenoxy) is 2. The van der Waals surface area contributed by atoms with Crippen molar-refractivity contribution in [1.29, 1.82) is 0 Å². The van der Waals surface area contributed by atoms with E-state index in [0.717, 1.165) is 26.2 Å². The van der Waals surface area contributed by atoms with Crippen LogP contribution in [0.5, 0.6) is 0 Å². The smallest absolute Gasteiger partial charge is 0.191 e. The second-order valence-corrected chi connectivity index (χ2v) is 13.6. The predicted octanol–water partition coefficient (Wildman–Crippen LogP) is 6.28. The SMILES string of the molecule is CC(C)(C)[Si](C)(C)OCCCCCCCCCOC1CCCCO1. The second kappa shape index (κ2) is 11.7. The fraction of sp³-hybridized carbons (Fsp3) is 1.00. The Labute approximate surface area is 152 Å². The lowest BCUT2D eigenvalue weighted by Gasteiger charge is -2.36. The summed E-state index contributed by atoms with van der Waals surface area (Å²) in [5, 5.41) is 0.331. The fourth-order valence-electron chi connectivity index (χ4n) is 2.69. The zero-order valence-electron chi connectivity index (χ0n) is 17.0. The third kappa shape index (κ3) is 9.55. The molecule has 1 atom stereocenters. The first kappa shape index (κ1) is 22.1. The summed E-state index contributed by atoms with van der Waals surface area (Å²) >= 11 is 0. The van der Waals surface area contributed by atoms with E-state index in [1.165, 1.54) is 57.8 Å². The summed E-state index contributed by atoms with van der Waals surface area (Å²) in [6.45, 7) is 14.3. The Morgan fingerprint density at radius 1 is 0.875 bits per heavy atom. The lowest BCUT2D eigenvalue weighted by Crippen LogP contribution is -2.40. The zero-order chi connectivity index (χ0) is 17.9. The van der Waals surface area contributed by atoms with Gasteiger partial charge in [0.05, 0.1) is 0 Å². The van der Waals surface area contributed by atoms with Gasteiger partial charge in [-0.15, -0.1) is 0 Å². The maximum Gasteiger partial charge on any atom is 0.191 e. The van der Waals surface area contributed by atoms with Crippen molar-refractivity contribution < 1.29 is 13.9 Å². The molecule has 1 aliphatic heterocycles. The van der Waals surface area contributed by atoms with Crippen LogP contribution >= 0.6 is 0 Å². The van der Waals surface area contributed by atoms with E-state index in [1.54, 1.807) is 0 Å². The van der Waals surface area contributed by atoms with Gasteiger partial charge < -0.3 is 13.9 Å². The van der Waals surface area contributed by atoms with Crippen LogP contribution in [0.4, 0.5) is 0 Å². The highest BCUT2D eigenvalue weighted by Gasteiger charge is 2.36. The van der Waals surface area contributed by atoms with E-state index in [2.05, 4.69) is 33.9 Å². The Kier molecular flexibility index (Phi) is 10.8. The van der Waals surface area contributed by atoms with Crippen LogP contribution in [0.25, 0.3) is 0 Å². The number of hydrogen-bond donors (Lipinski definition) is 0. The Bertz CT molecular complexity index is 306. The second-order valence-electron chi connectivity index (χ2n) is 8.75. The van der Waals surface area contributed by atoms with Crippen LogP contribution in [0.15, 0.2) is 0 Å². The van der Waals surface area contributed by atoms with E-state index >= 15 is 0 Å². The minimum Gasteiger partial charge on any atom is -0.417 e. The zero-order valence-corrected chi connectivity index (χ0v) is 18.0. The normalized spacial score (nSPS) is 19.6. The minimum atomic E-state index is -1.53. The van der Waals surface area contributed by atoms with Gasteiger partial charge >= 0.3 is 0 Å². The predicted molar refractivity (Wildman–Crippen MR) is 105 cm³/mol. The van der Waals surface area contributed by atoms with Crippen LogP contribution in [0.1, 0.15) is 85.0 Å². The minimum absolute atomic E-state index is 0.0830. The maximum absolute atomic E-state index is 6.22. The highest BCUT2D eigenvalue weighted by Crippen LogP contribution is 2.36. The molecule has 1 rings (SSSR count). The first-order chi connectivity index (χ1) is 11.3. The van der Waals surface area contributed by atoms with E-state index < -0.39 is 8.32 Å². The van der Waals surface area contributed by atoms with Crippen molar-refractivity contribution in [3.63, 3.8) is 0 Å². The lowest BCUT2D eigenvalue weighted by atomic mass is 10.1. The summed E-state index contributed by atoms with van der Waals surface area (Å²) in [6.07, 6.45) is 12.6. The monoisotopic (exact) mass is 358 g/mol. The summed E-state index contributed by atoms with van der Waals surface area (Å²) in [7, 11) is -1.53. The molecule has 1 heterocycles. The quantitative estimate of drug-likeness (QED) is 0.303. The summed E-state index contributed by atoms with van der Waals surface area (Å²) in [6, 6.07) is 0. The molecular weight excluding hydrogens is 316 g/mol. The van der Waals surface area contributed by atoms with Gasteiger partial charge in [-0.05, 0) is 50.2 Å². The van der Waals surface area contributed by atoms with Gasteiger partial charge in [0.25, 0.3) is 0 Å². The molecule has 0 N–H and O–H groups in total. The largest absolute Gasteiger partial charge is 0.417 e. The van der Waals surface area contributed by atoms with Gasteiger partial charge in [-0.1, -0.05) is 52.9 Å². The third-order valence-corrected chi connectivity index (χ3v) is 10.0. The van der Waals surface area contributed by atoms with Crippen molar-refractivity contribution in [2.75, 3.05) is 19.8 Å². The first-order valence-electron chi connectivity index (χ1n) is 10.2. The van der Waals surface area contributed by atoms with E-state index in [-0.39, 0.29) is 6.29 Å². The molecule has 144 valence electrons. The molecule has 0 aromatic heterocycles. The van der Waals surface area contributed by atoms with Crippen LogP contribution in [0, 0.1) is 0 Å². The van der Waals surface area contributed by atoms with Crippen molar-refractivity contribution in [2.24, 2.45) is 0 Å². The van der Waals surface area contributed by atoms with Crippen molar-refractivity contribution in [1.82, 2.24) is 0 Å². The molecule has 3 nitrogen and oxygen atoms in total. The summed E-state index contributed by atoms with van der Waals surface area (Å²) in [5.41, 5.74) is 0. The van der Waals surface area contributed by atoms with E-state index in [1.807, 2.05) is 0 Å². The number of unbranched alkanes of at least 4 members (excludes halogenated alkanes) is 6. The molecule has 0 bridgehead atoms. The summed E-state index contributed by atoms with van der Waals surface area (Å²) in [4.78, 5) is 0. The number of rotatable bonds is 12. The van der Waals surface area contributed by atoms with Crippen LogP contribution in [-0.4, -0.2) is 34.4 Å². The molecule has 0 aromatic carbocycles. The third-order valence-electron chi connectivity index (χ3n) is 5.50. The lowest BCUT2D eigenvalue weighted by molar-refractivity contribution is -0.162. The average molecular weight is 359 g/mol. The maximum atomic E-state index is 6.22. The highest BCUT2D eigenvalue weighted by atomic mass is 28.4. The molecule has 0 saturated carbocycles. The summed E-state index contributed by atoms with van der Waals surface area (Å²) in [5.74, 6) is 0. The van der Waals surface area contributed by atoms with Crippen LogP contribution in [0.2, 0.25) is 18.1 Å².